The van der Waals surface area contributed by atoms with E-state index in [-0.39, 0.29) is 30.1 Å². The van der Waals surface area contributed by atoms with Crippen molar-refractivity contribution in [2.75, 3.05) is 7.11 Å². The average Bonchev–Trinajstić information content (AvgIpc) is 2.58. The molecule has 1 saturated carbocycles. The van der Waals surface area contributed by atoms with Crippen LogP contribution in [-0.2, 0) is 31.7 Å². The second-order valence-electron chi connectivity index (χ2n) is 6.34. The minimum Gasteiger partial charge on any atom is -0.467 e. The van der Waals surface area contributed by atoms with E-state index in [2.05, 4.69) is 5.32 Å². The minimum absolute atomic E-state index is 0.0160. The molecule has 0 spiro atoms. The van der Waals surface area contributed by atoms with Gasteiger partial charge in [0.1, 0.15) is 11.8 Å². The molecule has 1 N–H and O–H groups in total. The first-order chi connectivity index (χ1) is 12.2. The number of benzene rings is 1. The number of halogens is 3. The number of esters is 1. The number of hydrogen-bond acceptors (Lipinski definition) is 4. The summed E-state index contributed by atoms with van der Waals surface area (Å²) in [5.41, 5.74) is -0.661. The molecule has 1 fully saturated rings. The fourth-order valence-corrected chi connectivity index (χ4v) is 3.11. The third-order valence-corrected chi connectivity index (χ3v) is 4.38. The summed E-state index contributed by atoms with van der Waals surface area (Å²) in [5, 5.41) is 2.52. The summed E-state index contributed by atoms with van der Waals surface area (Å²) in [6, 6.07) is 3.47. The summed E-state index contributed by atoms with van der Waals surface area (Å²) in [6.45, 7) is 0. The SMILES string of the molecule is COC(=O)[C@H](NC(=O)Cc1cccc(C(F)(F)F)c1)[C@H]1CCCC(=O)C1. The summed E-state index contributed by atoms with van der Waals surface area (Å²) in [4.78, 5) is 35.9. The molecular formula is C18H20F3NO4. The lowest BCUT2D eigenvalue weighted by atomic mass is 9.83. The molecule has 0 aliphatic heterocycles. The lowest BCUT2D eigenvalue weighted by Gasteiger charge is -2.28. The molecule has 142 valence electrons. The quantitative estimate of drug-likeness (QED) is 0.808. The van der Waals surface area contributed by atoms with Crippen LogP contribution in [-0.4, -0.2) is 30.8 Å². The number of methoxy groups -OCH3 is 1. The molecular weight excluding hydrogens is 351 g/mol. The Morgan fingerprint density at radius 2 is 2.08 bits per heavy atom. The number of carbonyl (C=O) groups is 3. The van der Waals surface area contributed by atoms with Crippen molar-refractivity contribution in [3.05, 3.63) is 35.4 Å². The second kappa shape index (κ2) is 8.33. The molecule has 0 saturated heterocycles. The molecule has 0 bridgehead atoms. The van der Waals surface area contributed by atoms with Crippen molar-refractivity contribution in [2.45, 2.75) is 44.3 Å². The van der Waals surface area contributed by atoms with Gasteiger partial charge in [-0.15, -0.1) is 0 Å². The first kappa shape index (κ1) is 19.9. The predicted octanol–water partition coefficient (Wildman–Crippen LogP) is 2.67. The maximum Gasteiger partial charge on any atom is 0.416 e. The van der Waals surface area contributed by atoms with Crippen LogP contribution in [0.25, 0.3) is 0 Å². The molecule has 1 aliphatic carbocycles. The molecule has 1 aromatic rings. The molecule has 2 atom stereocenters. The van der Waals surface area contributed by atoms with Gasteiger partial charge in [-0.3, -0.25) is 9.59 Å². The van der Waals surface area contributed by atoms with E-state index in [9.17, 15) is 27.6 Å². The number of hydrogen-bond donors (Lipinski definition) is 1. The second-order valence-corrected chi connectivity index (χ2v) is 6.34. The van der Waals surface area contributed by atoms with Crippen LogP contribution in [0, 0.1) is 5.92 Å². The van der Waals surface area contributed by atoms with E-state index in [4.69, 9.17) is 4.74 Å². The van der Waals surface area contributed by atoms with Gasteiger partial charge in [0.15, 0.2) is 0 Å². The maximum atomic E-state index is 12.8. The van der Waals surface area contributed by atoms with Gasteiger partial charge in [0.2, 0.25) is 5.91 Å². The zero-order chi connectivity index (χ0) is 19.3. The Labute approximate surface area is 148 Å². The highest BCUT2D eigenvalue weighted by atomic mass is 19.4. The Balaban J connectivity index is 2.07. The molecule has 5 nitrogen and oxygen atoms in total. The van der Waals surface area contributed by atoms with Crippen LogP contribution < -0.4 is 5.32 Å². The summed E-state index contributed by atoms with van der Waals surface area (Å²) < 4.78 is 43.0. The normalized spacial score (nSPS) is 18.9. The standard InChI is InChI=1S/C18H20F3NO4/c1-26-17(25)16(12-5-3-7-14(23)10-12)22-15(24)9-11-4-2-6-13(8-11)18(19,20)21/h2,4,6,8,12,16H,3,5,7,9-10H2,1H3,(H,22,24)/t12-,16+/m0/s1. The Hall–Kier alpha value is -2.38. The van der Waals surface area contributed by atoms with Crippen molar-refractivity contribution in [3.8, 4) is 0 Å². The number of alkyl halides is 3. The van der Waals surface area contributed by atoms with Crippen LogP contribution in [0.2, 0.25) is 0 Å². The largest absolute Gasteiger partial charge is 0.467 e. The number of rotatable bonds is 5. The molecule has 8 heteroatoms. The topological polar surface area (TPSA) is 72.5 Å². The molecule has 1 amide bonds. The van der Waals surface area contributed by atoms with Crippen molar-refractivity contribution in [1.82, 2.24) is 5.32 Å². The summed E-state index contributed by atoms with van der Waals surface area (Å²) >= 11 is 0. The fraction of sp³-hybridized carbons (Fsp3) is 0.500. The molecule has 0 heterocycles. The third kappa shape index (κ3) is 5.31. The average molecular weight is 371 g/mol. The lowest BCUT2D eigenvalue weighted by Crippen LogP contribution is -2.48. The smallest absolute Gasteiger partial charge is 0.416 e. The number of carbonyl (C=O) groups excluding carboxylic acids is 3. The zero-order valence-corrected chi connectivity index (χ0v) is 14.3. The van der Waals surface area contributed by atoms with Gasteiger partial charge in [-0.25, -0.2) is 4.79 Å². The Bertz CT molecular complexity index is 687. The van der Waals surface area contributed by atoms with Crippen molar-refractivity contribution >= 4 is 17.7 Å². The number of ether oxygens (including phenoxy) is 1. The van der Waals surface area contributed by atoms with E-state index >= 15 is 0 Å². The van der Waals surface area contributed by atoms with Gasteiger partial charge >= 0.3 is 12.1 Å². The van der Waals surface area contributed by atoms with Crippen LogP contribution >= 0.6 is 0 Å². The van der Waals surface area contributed by atoms with Crippen LogP contribution in [0.1, 0.15) is 36.8 Å². The fourth-order valence-electron chi connectivity index (χ4n) is 3.11. The van der Waals surface area contributed by atoms with E-state index < -0.39 is 29.7 Å². The lowest BCUT2D eigenvalue weighted by molar-refractivity contribution is -0.147. The van der Waals surface area contributed by atoms with Gasteiger partial charge < -0.3 is 10.1 Å². The van der Waals surface area contributed by atoms with Crippen molar-refractivity contribution in [2.24, 2.45) is 5.92 Å². The summed E-state index contributed by atoms with van der Waals surface area (Å²) in [5.74, 6) is -1.61. The first-order valence-corrected chi connectivity index (χ1v) is 8.25. The van der Waals surface area contributed by atoms with E-state index in [1.54, 1.807) is 0 Å². The monoisotopic (exact) mass is 371 g/mol. The van der Waals surface area contributed by atoms with Crippen molar-refractivity contribution in [3.63, 3.8) is 0 Å². The van der Waals surface area contributed by atoms with E-state index in [0.717, 1.165) is 12.1 Å². The van der Waals surface area contributed by atoms with Crippen LogP contribution in [0.4, 0.5) is 13.2 Å². The van der Waals surface area contributed by atoms with Gasteiger partial charge in [-0.05, 0) is 30.4 Å². The van der Waals surface area contributed by atoms with Gasteiger partial charge in [-0.2, -0.15) is 13.2 Å². The molecule has 26 heavy (non-hydrogen) atoms. The number of ketones is 1. The van der Waals surface area contributed by atoms with E-state index in [0.29, 0.717) is 19.3 Å². The Morgan fingerprint density at radius 3 is 2.69 bits per heavy atom. The zero-order valence-electron chi connectivity index (χ0n) is 14.3. The predicted molar refractivity (Wildman–Crippen MR) is 86.1 cm³/mol. The molecule has 0 unspecified atom stereocenters. The maximum absolute atomic E-state index is 12.8. The first-order valence-electron chi connectivity index (χ1n) is 8.25. The van der Waals surface area contributed by atoms with Gasteiger partial charge in [-0.1, -0.05) is 18.2 Å². The van der Waals surface area contributed by atoms with Crippen LogP contribution in [0.15, 0.2) is 24.3 Å². The Morgan fingerprint density at radius 1 is 1.35 bits per heavy atom. The number of amides is 1. The number of Topliss-reactive ketones (excluding diaryl/α,β-unsaturated/α-hetero) is 1. The van der Waals surface area contributed by atoms with Gasteiger partial charge in [0.25, 0.3) is 0 Å². The van der Waals surface area contributed by atoms with Crippen LogP contribution in [0.5, 0.6) is 0 Å². The highest BCUT2D eigenvalue weighted by molar-refractivity contribution is 5.87. The summed E-state index contributed by atoms with van der Waals surface area (Å²) in [6.07, 6.45) is -2.97. The van der Waals surface area contributed by atoms with Gasteiger partial charge in [0.05, 0.1) is 19.1 Å². The third-order valence-electron chi connectivity index (χ3n) is 4.38. The Kier molecular flexibility index (Phi) is 6.39. The highest BCUT2D eigenvalue weighted by Crippen LogP contribution is 2.29. The van der Waals surface area contributed by atoms with Crippen LogP contribution in [0.3, 0.4) is 0 Å². The summed E-state index contributed by atoms with van der Waals surface area (Å²) in [7, 11) is 1.18. The highest BCUT2D eigenvalue weighted by Gasteiger charge is 2.34. The van der Waals surface area contributed by atoms with Crippen molar-refractivity contribution in [1.29, 1.82) is 0 Å². The van der Waals surface area contributed by atoms with E-state index in [1.165, 1.54) is 19.2 Å². The number of nitrogens with one attached hydrogen (secondary N) is 1. The molecule has 0 aromatic heterocycles. The minimum atomic E-state index is -4.50. The van der Waals surface area contributed by atoms with E-state index in [1.807, 2.05) is 0 Å². The molecule has 1 aromatic carbocycles. The van der Waals surface area contributed by atoms with Gasteiger partial charge in [0, 0.05) is 12.8 Å². The molecule has 0 radical (unpaired) electrons. The van der Waals surface area contributed by atoms with Crippen molar-refractivity contribution < 1.29 is 32.3 Å². The molecule has 1 aliphatic rings. The molecule has 2 rings (SSSR count).